The van der Waals surface area contributed by atoms with E-state index >= 15 is 0 Å². The summed E-state index contributed by atoms with van der Waals surface area (Å²) in [5.74, 6) is 0.849. The minimum atomic E-state index is -2.48. The maximum atomic E-state index is 12.5. The van der Waals surface area contributed by atoms with Crippen molar-refractivity contribution in [3.05, 3.63) is 43.1 Å². The van der Waals surface area contributed by atoms with Crippen molar-refractivity contribution in [3.63, 3.8) is 0 Å². The van der Waals surface area contributed by atoms with Crippen LogP contribution in [0.25, 0.3) is 27.9 Å². The highest BCUT2D eigenvalue weighted by Crippen LogP contribution is 2.38. The molecule has 2 N–H and O–H groups in total. The lowest BCUT2D eigenvalue weighted by molar-refractivity contribution is -0.117. The van der Waals surface area contributed by atoms with E-state index in [9.17, 15) is 4.79 Å². The molecule has 1 amide bonds. The van der Waals surface area contributed by atoms with Crippen LogP contribution in [0.15, 0.2) is 43.1 Å². The fourth-order valence-electron chi connectivity index (χ4n) is 4.05. The van der Waals surface area contributed by atoms with Gasteiger partial charge in [0.25, 0.3) is 0 Å². The maximum absolute atomic E-state index is 12.5. The Kier molecular flexibility index (Phi) is 4.02. The first-order valence-corrected chi connectivity index (χ1v) is 10.9. The molecule has 11 heteroatoms. The molecule has 6 rings (SSSR count). The van der Waals surface area contributed by atoms with Crippen molar-refractivity contribution < 1.29 is 13.6 Å². The number of fused-ring (bicyclic) bond motifs is 2. The van der Waals surface area contributed by atoms with Gasteiger partial charge in [-0.05, 0) is 30.5 Å². The summed E-state index contributed by atoms with van der Waals surface area (Å²) in [5, 5.41) is 18.7. The molecule has 1 saturated carbocycles. The Morgan fingerprint density at radius 2 is 2.24 bits per heavy atom. The van der Waals surface area contributed by atoms with Gasteiger partial charge >= 0.3 is 0 Å². The smallest absolute Gasteiger partial charge is 0.228 e. The normalized spacial score (nSPS) is 21.0. The molecule has 4 aromatic rings. The van der Waals surface area contributed by atoms with Crippen LogP contribution in [0.2, 0.25) is 0 Å². The summed E-state index contributed by atoms with van der Waals surface area (Å²) < 4.78 is 29.7. The Morgan fingerprint density at radius 3 is 3.03 bits per heavy atom. The van der Waals surface area contributed by atoms with Gasteiger partial charge < -0.3 is 20.3 Å². The molecule has 0 unspecified atom stereocenters. The molecule has 1 aliphatic carbocycles. The summed E-state index contributed by atoms with van der Waals surface area (Å²) in [6.07, 6.45) is 7.70. The van der Waals surface area contributed by atoms with Crippen LogP contribution >= 0.6 is 0 Å². The molecular weight excluding hydrogens is 434 g/mol. The highest BCUT2D eigenvalue weighted by Gasteiger charge is 2.39. The Hall–Kier alpha value is -4.28. The SMILES string of the molecule is [2H]C([2H])([2H])Nc1ncc(-c2nc3ccc(N4C=COCC4)cn3n2)c2cc(NC(=O)[C@H]3C[C@H]3C)nnc12. The van der Waals surface area contributed by atoms with Crippen molar-refractivity contribution in [2.45, 2.75) is 13.3 Å². The zero-order chi connectivity index (χ0) is 25.7. The van der Waals surface area contributed by atoms with E-state index in [1.807, 2.05) is 36.4 Å². The topological polar surface area (TPSA) is 122 Å². The summed E-state index contributed by atoms with van der Waals surface area (Å²) in [4.78, 5) is 23.5. The van der Waals surface area contributed by atoms with Crippen LogP contribution in [0.5, 0.6) is 0 Å². The van der Waals surface area contributed by atoms with Gasteiger partial charge in [-0.15, -0.1) is 15.3 Å². The van der Waals surface area contributed by atoms with Crippen molar-refractivity contribution in [3.8, 4) is 11.4 Å². The van der Waals surface area contributed by atoms with E-state index in [4.69, 9.17) is 8.85 Å². The molecule has 0 radical (unpaired) electrons. The standard InChI is InChI=1S/C23H23N9O2/c1-13-9-15(13)23(33)26-18-10-16-17(11-25-22(24-2)20(16)29-28-18)21-27-19-4-3-14(12-32(19)30-21)31-5-7-34-8-6-31/h3-5,7,10-13,15H,6,8-9H2,1-2H3,(H,24,25)(H,26,28,33)/t13-,15+/m1/s1/i2D3. The molecule has 1 fully saturated rings. The maximum Gasteiger partial charge on any atom is 0.228 e. The lowest BCUT2D eigenvalue weighted by Gasteiger charge is -2.23. The summed E-state index contributed by atoms with van der Waals surface area (Å²) in [6.45, 7) is 0.834. The van der Waals surface area contributed by atoms with Gasteiger partial charge in [-0.25, -0.2) is 14.5 Å². The van der Waals surface area contributed by atoms with Crippen LogP contribution in [0.1, 0.15) is 17.5 Å². The number of ether oxygens (including phenoxy) is 1. The van der Waals surface area contributed by atoms with Crippen molar-refractivity contribution in [2.75, 3.05) is 35.7 Å². The number of hydrogen-bond donors (Lipinski definition) is 2. The Morgan fingerprint density at radius 1 is 1.32 bits per heavy atom. The fourth-order valence-corrected chi connectivity index (χ4v) is 4.05. The number of amides is 1. The Labute approximate surface area is 199 Å². The predicted molar refractivity (Wildman–Crippen MR) is 127 cm³/mol. The minimum absolute atomic E-state index is 0.0437. The first kappa shape index (κ1) is 17.2. The number of pyridine rings is 2. The number of carbonyl (C=O) groups is 1. The van der Waals surface area contributed by atoms with Gasteiger partial charge in [0.1, 0.15) is 12.1 Å². The van der Waals surface area contributed by atoms with Crippen LogP contribution in [0.4, 0.5) is 17.3 Å². The average molecular weight is 461 g/mol. The van der Waals surface area contributed by atoms with Gasteiger partial charge in [0.05, 0.1) is 24.7 Å². The van der Waals surface area contributed by atoms with Crippen molar-refractivity contribution in [1.82, 2.24) is 29.8 Å². The minimum Gasteiger partial charge on any atom is -0.498 e. The van der Waals surface area contributed by atoms with Crippen LogP contribution in [0, 0.1) is 11.8 Å². The summed E-state index contributed by atoms with van der Waals surface area (Å²) in [7, 11) is 0. The second-order valence-electron chi connectivity index (χ2n) is 8.42. The third-order valence-electron chi connectivity index (χ3n) is 6.12. The van der Waals surface area contributed by atoms with E-state index in [1.54, 1.807) is 16.8 Å². The first-order valence-electron chi connectivity index (χ1n) is 12.4. The highest BCUT2D eigenvalue weighted by molar-refractivity contribution is 6.01. The van der Waals surface area contributed by atoms with Crippen LogP contribution < -0.4 is 15.5 Å². The summed E-state index contributed by atoms with van der Waals surface area (Å²) >= 11 is 0. The monoisotopic (exact) mass is 460 g/mol. The van der Waals surface area contributed by atoms with E-state index in [2.05, 4.69) is 35.9 Å². The quantitative estimate of drug-likeness (QED) is 0.463. The zero-order valence-electron chi connectivity index (χ0n) is 21.3. The number of carbonyl (C=O) groups excluding carboxylic acids is 1. The molecule has 2 atom stereocenters. The Balaban J connectivity index is 1.42. The molecule has 0 spiro atoms. The number of rotatable bonds is 5. The highest BCUT2D eigenvalue weighted by atomic mass is 16.5. The number of nitrogens with zero attached hydrogens (tertiary/aromatic N) is 7. The number of aromatic nitrogens is 6. The summed E-state index contributed by atoms with van der Waals surface area (Å²) in [5.41, 5.74) is 2.29. The lowest BCUT2D eigenvalue weighted by atomic mass is 10.1. The van der Waals surface area contributed by atoms with E-state index in [1.165, 1.54) is 6.20 Å². The second-order valence-corrected chi connectivity index (χ2v) is 8.42. The molecule has 0 bridgehead atoms. The molecule has 1 aliphatic heterocycles. The van der Waals surface area contributed by atoms with Gasteiger partial charge in [-0.1, -0.05) is 6.92 Å². The Bertz CT molecular complexity index is 1550. The molecule has 0 aromatic carbocycles. The third-order valence-corrected chi connectivity index (χ3v) is 6.12. The summed E-state index contributed by atoms with van der Waals surface area (Å²) in [6, 6.07) is 5.45. The molecule has 34 heavy (non-hydrogen) atoms. The van der Waals surface area contributed by atoms with Gasteiger partial charge in [0, 0.05) is 40.4 Å². The lowest BCUT2D eigenvalue weighted by Crippen LogP contribution is -2.24. The van der Waals surface area contributed by atoms with Crippen molar-refractivity contribution >= 4 is 39.8 Å². The number of hydrogen-bond acceptors (Lipinski definition) is 9. The van der Waals surface area contributed by atoms with Gasteiger partial charge in [-0.3, -0.25) is 4.79 Å². The van der Waals surface area contributed by atoms with E-state index < -0.39 is 6.98 Å². The van der Waals surface area contributed by atoms with Crippen LogP contribution in [0.3, 0.4) is 0 Å². The van der Waals surface area contributed by atoms with Crippen LogP contribution in [-0.4, -0.2) is 55.8 Å². The predicted octanol–water partition coefficient (Wildman–Crippen LogP) is 2.68. The number of nitrogens with one attached hydrogen (secondary N) is 2. The van der Waals surface area contributed by atoms with Crippen molar-refractivity contribution in [2.24, 2.45) is 11.8 Å². The van der Waals surface area contributed by atoms with E-state index in [0.717, 1.165) is 12.1 Å². The zero-order valence-corrected chi connectivity index (χ0v) is 18.3. The van der Waals surface area contributed by atoms with E-state index in [0.29, 0.717) is 41.5 Å². The van der Waals surface area contributed by atoms with E-state index in [-0.39, 0.29) is 29.0 Å². The number of anilines is 3. The molecule has 4 aromatic heterocycles. The second kappa shape index (κ2) is 7.94. The molecule has 0 saturated heterocycles. The first-order chi connectivity index (χ1) is 17.7. The fraction of sp³-hybridized carbons (Fsp3) is 0.304. The molecule has 5 heterocycles. The molecular formula is C23H23N9O2. The third kappa shape index (κ3) is 3.54. The molecule has 2 aliphatic rings. The van der Waals surface area contributed by atoms with Gasteiger partial charge in [0.2, 0.25) is 5.91 Å². The van der Waals surface area contributed by atoms with Gasteiger partial charge in [-0.2, -0.15) is 0 Å². The van der Waals surface area contributed by atoms with Gasteiger partial charge in [0.15, 0.2) is 23.1 Å². The molecule has 11 nitrogen and oxygen atoms in total. The van der Waals surface area contributed by atoms with Crippen molar-refractivity contribution in [1.29, 1.82) is 0 Å². The largest absolute Gasteiger partial charge is 0.498 e. The van der Waals surface area contributed by atoms with Crippen LogP contribution in [-0.2, 0) is 9.53 Å². The average Bonchev–Trinajstić information content (AvgIpc) is 3.46. The molecule has 172 valence electrons.